The minimum atomic E-state index is -0.00708. The van der Waals surface area contributed by atoms with Crippen molar-refractivity contribution in [3.63, 3.8) is 0 Å². The molecule has 1 aromatic rings. The second kappa shape index (κ2) is 6.02. The molecule has 2 N–H and O–H groups in total. The molecule has 0 aromatic carbocycles. The third-order valence-electron chi connectivity index (χ3n) is 2.22. The van der Waals surface area contributed by atoms with E-state index in [1.54, 1.807) is 13.3 Å². The molecule has 0 spiro atoms. The number of ether oxygens (including phenoxy) is 1. The summed E-state index contributed by atoms with van der Waals surface area (Å²) in [5, 5.41) is 4.24. The molecule has 0 bridgehead atoms. The minimum Gasteiger partial charge on any atom is -0.493 e. The average molecular weight is 229 g/mol. The fraction of sp³-hybridized carbons (Fsp3) is 0.700. The van der Waals surface area contributed by atoms with Crippen LogP contribution in [0.25, 0.3) is 0 Å². The molecule has 1 aromatic heterocycles. The Morgan fingerprint density at radius 2 is 2.33 bits per heavy atom. The zero-order valence-corrected chi connectivity index (χ0v) is 10.4. The van der Waals surface area contributed by atoms with Crippen LogP contribution in [-0.4, -0.2) is 28.4 Å². The van der Waals surface area contributed by atoms with E-state index in [2.05, 4.69) is 18.9 Å². The number of hydrogen-bond donors (Lipinski definition) is 1. The van der Waals surface area contributed by atoms with Crippen molar-refractivity contribution in [3.8, 4) is 5.75 Å². The molecule has 1 heterocycles. The van der Waals surface area contributed by atoms with E-state index in [1.807, 2.05) is 16.4 Å². The van der Waals surface area contributed by atoms with Crippen molar-refractivity contribution < 1.29 is 4.74 Å². The Labute approximate surface area is 95.2 Å². The Hall–Kier alpha value is -0.680. The highest BCUT2D eigenvalue weighted by Gasteiger charge is 2.17. The van der Waals surface area contributed by atoms with Gasteiger partial charge in [0.2, 0.25) is 0 Å². The molecule has 0 radical (unpaired) electrons. The van der Waals surface area contributed by atoms with Crippen LogP contribution in [0.1, 0.15) is 25.6 Å². The lowest BCUT2D eigenvalue weighted by Gasteiger charge is -2.14. The van der Waals surface area contributed by atoms with Gasteiger partial charge in [-0.05, 0) is 12.7 Å². The lowest BCUT2D eigenvalue weighted by molar-refractivity contribution is 0.403. The first-order chi connectivity index (χ1) is 7.24. The summed E-state index contributed by atoms with van der Waals surface area (Å²) in [7, 11) is 1.65. The predicted molar refractivity (Wildman–Crippen MR) is 64.4 cm³/mol. The third-order valence-corrected chi connectivity index (χ3v) is 3.22. The Bertz CT molecular complexity index is 279. The van der Waals surface area contributed by atoms with Crippen molar-refractivity contribution in [2.75, 3.05) is 18.6 Å². The molecule has 5 heteroatoms. The van der Waals surface area contributed by atoms with Gasteiger partial charge in [0.15, 0.2) is 5.75 Å². The van der Waals surface area contributed by atoms with Crippen LogP contribution < -0.4 is 10.5 Å². The van der Waals surface area contributed by atoms with E-state index in [1.165, 1.54) is 0 Å². The molecule has 0 aliphatic rings. The predicted octanol–water partition coefficient (Wildman–Crippen LogP) is 1.66. The summed E-state index contributed by atoms with van der Waals surface area (Å²) in [6.07, 6.45) is 1.73. The summed E-state index contributed by atoms with van der Waals surface area (Å²) in [4.78, 5) is 0. The van der Waals surface area contributed by atoms with Crippen molar-refractivity contribution >= 4 is 11.8 Å². The Balaban J connectivity index is 2.83. The maximum absolute atomic E-state index is 6.12. The molecule has 1 unspecified atom stereocenters. The first kappa shape index (κ1) is 12.4. The number of nitrogens with two attached hydrogens (primary N) is 1. The molecule has 1 atom stereocenters. The van der Waals surface area contributed by atoms with Crippen molar-refractivity contribution in [1.82, 2.24) is 9.78 Å². The van der Waals surface area contributed by atoms with Gasteiger partial charge >= 0.3 is 0 Å². The summed E-state index contributed by atoms with van der Waals surface area (Å²) >= 11 is 1.83. The molecular weight excluding hydrogens is 210 g/mol. The van der Waals surface area contributed by atoms with E-state index in [-0.39, 0.29) is 6.04 Å². The summed E-state index contributed by atoms with van der Waals surface area (Å²) < 4.78 is 7.16. The van der Waals surface area contributed by atoms with Crippen molar-refractivity contribution in [2.24, 2.45) is 5.73 Å². The Morgan fingerprint density at radius 3 is 2.87 bits per heavy atom. The van der Waals surface area contributed by atoms with Crippen LogP contribution in [0, 0.1) is 0 Å². The van der Waals surface area contributed by atoms with Crippen LogP contribution in [0.5, 0.6) is 5.75 Å². The summed E-state index contributed by atoms with van der Waals surface area (Å²) in [5.41, 5.74) is 7.12. The number of nitrogens with zero attached hydrogens (tertiary/aromatic N) is 2. The summed E-state index contributed by atoms with van der Waals surface area (Å²) in [5.74, 6) is 2.77. The second-order valence-corrected chi connectivity index (χ2v) is 4.50. The topological polar surface area (TPSA) is 53.1 Å². The fourth-order valence-electron chi connectivity index (χ4n) is 1.48. The Morgan fingerprint density at radius 1 is 1.60 bits per heavy atom. The van der Waals surface area contributed by atoms with Gasteiger partial charge in [-0.2, -0.15) is 16.9 Å². The normalized spacial score (nSPS) is 12.8. The van der Waals surface area contributed by atoms with Crippen LogP contribution in [0.3, 0.4) is 0 Å². The third kappa shape index (κ3) is 2.89. The van der Waals surface area contributed by atoms with E-state index in [0.717, 1.165) is 29.5 Å². The molecule has 0 saturated carbocycles. The SMILES string of the molecule is CCSCC(N)c1c(OC)cnn1CC. The molecule has 0 fully saturated rings. The lowest BCUT2D eigenvalue weighted by atomic mass is 10.2. The first-order valence-corrected chi connectivity index (χ1v) is 6.33. The molecule has 0 amide bonds. The molecule has 86 valence electrons. The van der Waals surface area contributed by atoms with Crippen LogP contribution in [0.4, 0.5) is 0 Å². The maximum Gasteiger partial charge on any atom is 0.161 e. The minimum absolute atomic E-state index is 0.00708. The van der Waals surface area contributed by atoms with Crippen LogP contribution in [0.15, 0.2) is 6.20 Å². The van der Waals surface area contributed by atoms with E-state index in [0.29, 0.717) is 0 Å². The number of methoxy groups -OCH3 is 1. The highest BCUT2D eigenvalue weighted by atomic mass is 32.2. The van der Waals surface area contributed by atoms with Crippen molar-refractivity contribution in [3.05, 3.63) is 11.9 Å². The van der Waals surface area contributed by atoms with Crippen molar-refractivity contribution in [2.45, 2.75) is 26.4 Å². The number of aromatic nitrogens is 2. The second-order valence-electron chi connectivity index (χ2n) is 3.18. The van der Waals surface area contributed by atoms with Gasteiger partial charge in [0.05, 0.1) is 25.0 Å². The average Bonchev–Trinajstić information content (AvgIpc) is 2.68. The summed E-state index contributed by atoms with van der Waals surface area (Å²) in [6.45, 7) is 5.00. The number of hydrogen-bond acceptors (Lipinski definition) is 4. The molecule has 0 saturated heterocycles. The molecule has 1 rings (SSSR count). The van der Waals surface area contributed by atoms with E-state index in [4.69, 9.17) is 10.5 Å². The van der Waals surface area contributed by atoms with Gasteiger partial charge in [0, 0.05) is 12.3 Å². The van der Waals surface area contributed by atoms with E-state index in [9.17, 15) is 0 Å². The van der Waals surface area contributed by atoms with Gasteiger partial charge in [-0.3, -0.25) is 4.68 Å². The monoisotopic (exact) mass is 229 g/mol. The first-order valence-electron chi connectivity index (χ1n) is 5.17. The van der Waals surface area contributed by atoms with Crippen LogP contribution >= 0.6 is 11.8 Å². The highest BCUT2D eigenvalue weighted by molar-refractivity contribution is 7.99. The van der Waals surface area contributed by atoms with Gasteiger partial charge in [-0.1, -0.05) is 6.92 Å². The van der Waals surface area contributed by atoms with E-state index >= 15 is 0 Å². The largest absolute Gasteiger partial charge is 0.493 e. The number of thioether (sulfide) groups is 1. The fourth-order valence-corrected chi connectivity index (χ4v) is 2.13. The smallest absolute Gasteiger partial charge is 0.161 e. The van der Waals surface area contributed by atoms with Gasteiger partial charge < -0.3 is 10.5 Å². The quantitative estimate of drug-likeness (QED) is 0.806. The van der Waals surface area contributed by atoms with Gasteiger partial charge in [-0.15, -0.1) is 0 Å². The van der Waals surface area contributed by atoms with Crippen LogP contribution in [0.2, 0.25) is 0 Å². The van der Waals surface area contributed by atoms with Gasteiger partial charge in [-0.25, -0.2) is 0 Å². The number of rotatable bonds is 6. The lowest BCUT2D eigenvalue weighted by Crippen LogP contribution is -2.19. The Kier molecular flexibility index (Phi) is 4.98. The highest BCUT2D eigenvalue weighted by Crippen LogP contribution is 2.25. The maximum atomic E-state index is 6.12. The zero-order valence-electron chi connectivity index (χ0n) is 9.56. The molecule has 0 aliphatic heterocycles. The molecular formula is C10H19N3OS. The van der Waals surface area contributed by atoms with Crippen molar-refractivity contribution in [1.29, 1.82) is 0 Å². The molecule has 0 aliphatic carbocycles. The standard InChI is InChI=1S/C10H19N3OS/c1-4-13-10(8(11)7-15-5-2)9(14-3)6-12-13/h6,8H,4-5,7,11H2,1-3H3. The zero-order chi connectivity index (χ0) is 11.3. The van der Waals surface area contributed by atoms with Gasteiger partial charge in [0.1, 0.15) is 0 Å². The number of aryl methyl sites for hydroxylation is 1. The van der Waals surface area contributed by atoms with Gasteiger partial charge in [0.25, 0.3) is 0 Å². The van der Waals surface area contributed by atoms with Crippen LogP contribution in [-0.2, 0) is 6.54 Å². The molecule has 4 nitrogen and oxygen atoms in total. The summed E-state index contributed by atoms with van der Waals surface area (Å²) in [6, 6.07) is -0.00708. The van der Waals surface area contributed by atoms with E-state index < -0.39 is 0 Å². The molecule has 15 heavy (non-hydrogen) atoms.